The van der Waals surface area contributed by atoms with Crippen molar-refractivity contribution in [2.75, 3.05) is 0 Å². The van der Waals surface area contributed by atoms with Crippen LogP contribution in [0.2, 0.25) is 0 Å². The highest BCUT2D eigenvalue weighted by atomic mass is 16.6. The summed E-state index contributed by atoms with van der Waals surface area (Å²) < 4.78 is 10.4. The summed E-state index contributed by atoms with van der Waals surface area (Å²) in [6.07, 6.45) is 13.0. The fraction of sp³-hybridized carbons (Fsp3) is 0.704. The predicted molar refractivity (Wildman–Crippen MR) is 134 cm³/mol. The normalized spacial score (nSPS) is 18.9. The van der Waals surface area contributed by atoms with Gasteiger partial charge >= 0.3 is 12.1 Å². The number of rotatable bonds is 9. The average Bonchev–Trinajstić information content (AvgIpc) is 2.83. The van der Waals surface area contributed by atoms with E-state index in [0.29, 0.717) is 0 Å². The summed E-state index contributed by atoms with van der Waals surface area (Å²) in [5.41, 5.74) is 0.825. The van der Waals surface area contributed by atoms with Gasteiger partial charge in [0.2, 0.25) is 0 Å². The van der Waals surface area contributed by atoms with E-state index in [1.165, 1.54) is 64.2 Å². The standard InChI is InChI=1S/C15H21NO5.C12H23N/c1-10(2)21-11(3)13(14(17)18)16-15(19)20-9-12-7-5-4-6-8-12;1-3-7-11(8-4-1)13-12-9-5-2-6-10-12/h4-8,10-11,13H,9H2,1-3H3,(H,16,19)(H,17,18);11-13H,1-10H2/t11-,13+;/m1./s1. The molecule has 0 aliphatic heterocycles. The van der Waals surface area contributed by atoms with Crippen molar-refractivity contribution in [3.63, 3.8) is 0 Å². The van der Waals surface area contributed by atoms with E-state index >= 15 is 0 Å². The largest absolute Gasteiger partial charge is 0.480 e. The van der Waals surface area contributed by atoms with Gasteiger partial charge in [0.25, 0.3) is 0 Å². The van der Waals surface area contributed by atoms with Crippen LogP contribution in [-0.4, -0.2) is 47.5 Å². The topological polar surface area (TPSA) is 96.9 Å². The Morgan fingerprint density at radius 3 is 1.91 bits per heavy atom. The molecule has 0 aromatic heterocycles. The van der Waals surface area contributed by atoms with Crippen molar-refractivity contribution in [1.82, 2.24) is 10.6 Å². The lowest BCUT2D eigenvalue weighted by atomic mass is 9.91. The lowest BCUT2D eigenvalue weighted by Crippen LogP contribution is -2.49. The third kappa shape index (κ3) is 11.3. The Balaban J connectivity index is 0.000000266. The van der Waals surface area contributed by atoms with Gasteiger partial charge in [-0.05, 0) is 52.0 Å². The zero-order valence-electron chi connectivity index (χ0n) is 21.1. The van der Waals surface area contributed by atoms with E-state index in [1.54, 1.807) is 20.8 Å². The van der Waals surface area contributed by atoms with Crippen LogP contribution in [0, 0.1) is 0 Å². The second-order valence-corrected chi connectivity index (χ2v) is 9.75. The van der Waals surface area contributed by atoms with Crippen LogP contribution in [0.25, 0.3) is 0 Å². The van der Waals surface area contributed by atoms with Crippen molar-refractivity contribution in [1.29, 1.82) is 0 Å². The van der Waals surface area contributed by atoms with E-state index in [0.717, 1.165) is 17.6 Å². The molecule has 7 nitrogen and oxygen atoms in total. The molecule has 192 valence electrons. The number of hydrogen-bond acceptors (Lipinski definition) is 5. The Bertz CT molecular complexity index is 684. The summed E-state index contributed by atoms with van der Waals surface area (Å²) in [5.74, 6) is -1.17. The highest BCUT2D eigenvalue weighted by Crippen LogP contribution is 2.22. The molecule has 7 heteroatoms. The van der Waals surface area contributed by atoms with E-state index in [-0.39, 0.29) is 12.7 Å². The molecular formula is C27H44N2O5. The first kappa shape index (κ1) is 28.1. The van der Waals surface area contributed by atoms with Crippen LogP contribution in [0.5, 0.6) is 0 Å². The Labute approximate surface area is 205 Å². The maximum atomic E-state index is 11.7. The van der Waals surface area contributed by atoms with Gasteiger partial charge < -0.3 is 25.2 Å². The van der Waals surface area contributed by atoms with Gasteiger partial charge in [0.05, 0.1) is 12.2 Å². The van der Waals surface area contributed by atoms with Crippen molar-refractivity contribution in [3.8, 4) is 0 Å². The number of carboxylic acids is 1. The number of aliphatic carboxylic acids is 1. The third-order valence-corrected chi connectivity index (χ3v) is 6.39. The molecule has 2 fully saturated rings. The molecule has 2 aliphatic rings. The molecule has 2 aliphatic carbocycles. The molecule has 34 heavy (non-hydrogen) atoms. The van der Waals surface area contributed by atoms with Crippen molar-refractivity contribution in [2.24, 2.45) is 0 Å². The summed E-state index contributed by atoms with van der Waals surface area (Å²) in [6.45, 7) is 5.26. The average molecular weight is 477 g/mol. The first-order chi connectivity index (χ1) is 16.3. The lowest BCUT2D eigenvalue weighted by molar-refractivity contribution is -0.144. The van der Waals surface area contributed by atoms with Gasteiger partial charge in [-0.1, -0.05) is 68.9 Å². The second-order valence-electron chi connectivity index (χ2n) is 9.75. The maximum absolute atomic E-state index is 11.7. The summed E-state index contributed by atoms with van der Waals surface area (Å²) in [6, 6.07) is 9.72. The van der Waals surface area contributed by atoms with Crippen LogP contribution in [0.15, 0.2) is 30.3 Å². The fourth-order valence-electron chi connectivity index (χ4n) is 4.65. The zero-order chi connectivity index (χ0) is 24.8. The highest BCUT2D eigenvalue weighted by molar-refractivity contribution is 5.80. The number of benzene rings is 1. The second kappa shape index (κ2) is 15.7. The Morgan fingerprint density at radius 2 is 1.44 bits per heavy atom. The number of carbonyl (C=O) groups is 2. The predicted octanol–water partition coefficient (Wildman–Crippen LogP) is 5.42. The molecule has 2 saturated carbocycles. The molecule has 0 unspecified atom stereocenters. The number of ether oxygens (including phenoxy) is 2. The van der Waals surface area contributed by atoms with Crippen molar-refractivity contribution < 1.29 is 24.2 Å². The van der Waals surface area contributed by atoms with Crippen LogP contribution < -0.4 is 10.6 Å². The molecular weight excluding hydrogens is 432 g/mol. The zero-order valence-corrected chi connectivity index (χ0v) is 21.1. The number of amides is 1. The van der Waals surface area contributed by atoms with Crippen molar-refractivity contribution in [3.05, 3.63) is 35.9 Å². The van der Waals surface area contributed by atoms with E-state index in [1.807, 2.05) is 30.3 Å². The number of hydrogen-bond donors (Lipinski definition) is 3. The smallest absolute Gasteiger partial charge is 0.408 e. The molecule has 0 radical (unpaired) electrons. The monoisotopic (exact) mass is 476 g/mol. The molecule has 2 atom stereocenters. The molecule has 3 rings (SSSR count). The summed E-state index contributed by atoms with van der Waals surface area (Å²) in [5, 5.41) is 15.3. The minimum Gasteiger partial charge on any atom is -0.480 e. The third-order valence-electron chi connectivity index (χ3n) is 6.39. The molecule has 3 N–H and O–H groups in total. The molecule has 1 aromatic carbocycles. The van der Waals surface area contributed by atoms with Crippen LogP contribution in [0.1, 0.15) is 90.5 Å². The number of nitrogens with one attached hydrogen (secondary N) is 2. The Hall–Kier alpha value is -2.12. The number of alkyl carbamates (subject to hydrolysis) is 1. The highest BCUT2D eigenvalue weighted by Gasteiger charge is 2.28. The van der Waals surface area contributed by atoms with Crippen LogP contribution >= 0.6 is 0 Å². The van der Waals surface area contributed by atoms with Crippen molar-refractivity contribution >= 4 is 12.1 Å². The van der Waals surface area contributed by atoms with Gasteiger partial charge in [-0.2, -0.15) is 0 Å². The van der Waals surface area contributed by atoms with E-state index in [2.05, 4.69) is 10.6 Å². The first-order valence-electron chi connectivity index (χ1n) is 13.0. The van der Waals surface area contributed by atoms with E-state index in [9.17, 15) is 9.59 Å². The minimum atomic E-state index is -1.17. The first-order valence-corrected chi connectivity index (χ1v) is 13.0. The van der Waals surface area contributed by atoms with Gasteiger partial charge in [-0.25, -0.2) is 9.59 Å². The Kier molecular flexibility index (Phi) is 13.0. The van der Waals surface area contributed by atoms with Gasteiger partial charge in [0.15, 0.2) is 6.04 Å². The molecule has 0 heterocycles. The van der Waals surface area contributed by atoms with Crippen LogP contribution in [-0.2, 0) is 20.9 Å². The van der Waals surface area contributed by atoms with E-state index < -0.39 is 24.2 Å². The summed E-state index contributed by atoms with van der Waals surface area (Å²) >= 11 is 0. The van der Waals surface area contributed by atoms with Gasteiger partial charge in [0, 0.05) is 12.1 Å². The van der Waals surface area contributed by atoms with Gasteiger partial charge in [-0.15, -0.1) is 0 Å². The minimum absolute atomic E-state index is 0.0818. The van der Waals surface area contributed by atoms with Crippen LogP contribution in [0.4, 0.5) is 4.79 Å². The van der Waals surface area contributed by atoms with Gasteiger partial charge in [-0.3, -0.25) is 0 Å². The lowest BCUT2D eigenvalue weighted by Gasteiger charge is -2.30. The maximum Gasteiger partial charge on any atom is 0.408 e. The molecule has 1 aromatic rings. The molecule has 0 bridgehead atoms. The summed E-state index contributed by atoms with van der Waals surface area (Å²) in [4.78, 5) is 22.9. The quantitative estimate of drug-likeness (QED) is 0.440. The molecule has 0 spiro atoms. The summed E-state index contributed by atoms with van der Waals surface area (Å²) in [7, 11) is 0. The van der Waals surface area contributed by atoms with Crippen LogP contribution in [0.3, 0.4) is 0 Å². The number of carboxylic acid groups (broad SMARTS) is 1. The fourth-order valence-corrected chi connectivity index (χ4v) is 4.65. The molecule has 1 amide bonds. The SMILES string of the molecule is C1CCC(NC2CCCCC2)CC1.CC(C)O[C@H](C)[C@H](NC(=O)OCc1ccccc1)C(=O)O. The van der Waals surface area contributed by atoms with Crippen molar-refractivity contribution in [2.45, 2.75) is 122 Å². The Morgan fingerprint density at radius 1 is 0.912 bits per heavy atom. The van der Waals surface area contributed by atoms with E-state index in [4.69, 9.17) is 14.6 Å². The van der Waals surface area contributed by atoms with Gasteiger partial charge in [0.1, 0.15) is 6.61 Å². The molecule has 0 saturated heterocycles. The number of carbonyl (C=O) groups excluding carboxylic acids is 1.